The summed E-state index contributed by atoms with van der Waals surface area (Å²) in [6, 6.07) is 0. The van der Waals surface area contributed by atoms with Gasteiger partial charge in [-0.25, -0.2) is 0 Å². The Morgan fingerprint density at radius 3 is 0.667 bits per heavy atom. The summed E-state index contributed by atoms with van der Waals surface area (Å²) in [7, 11) is 0. The van der Waals surface area contributed by atoms with Crippen LogP contribution < -0.4 is 0 Å². The number of hydrogen-bond donors (Lipinski definition) is 0. The van der Waals surface area contributed by atoms with Crippen LogP contribution in [-0.2, 0) is 16.4 Å². The van der Waals surface area contributed by atoms with Crippen molar-refractivity contribution >= 4 is 117 Å². The Morgan fingerprint density at radius 2 is 0.667 bits per heavy atom. The van der Waals surface area contributed by atoms with Crippen LogP contribution in [-0.4, -0.2) is 117 Å². The molecule has 0 heterocycles. The Kier molecular flexibility index (Phi) is 337. The molecule has 3 nitrogen and oxygen atoms in total. The van der Waals surface area contributed by atoms with Crippen molar-refractivity contribution in [3.63, 3.8) is 0 Å². The predicted molar refractivity (Wildman–Crippen MR) is 19.3 cm³/mol. The molecular weight excluding hydrogens is 297 g/mol. The molecule has 6 heteroatoms. The van der Waals surface area contributed by atoms with Crippen LogP contribution in [0.3, 0.4) is 0 Å². The Bertz CT molecular complexity index is 10.8. The van der Waals surface area contributed by atoms with Crippen molar-refractivity contribution in [2.75, 3.05) is 0 Å². The van der Waals surface area contributed by atoms with E-state index in [1.165, 1.54) is 0 Å². The molecule has 0 aliphatic carbocycles. The quantitative estimate of drug-likeness (QED) is 0.487. The summed E-state index contributed by atoms with van der Waals surface area (Å²) in [5, 5.41) is 0. The first-order valence-corrected chi connectivity index (χ1v) is 0. The van der Waals surface area contributed by atoms with Gasteiger partial charge in [0.05, 0.1) is 0 Å². The fourth-order valence-corrected chi connectivity index (χ4v) is 0. The van der Waals surface area contributed by atoms with Gasteiger partial charge in [0, 0.05) is 0 Å². The predicted octanol–water partition coefficient (Wildman–Crippen LogP) is -1.50. The Labute approximate surface area is 130 Å². The first kappa shape index (κ1) is 53.7. The van der Waals surface area contributed by atoms with Gasteiger partial charge < -0.3 is 16.4 Å². The zero-order valence-corrected chi connectivity index (χ0v) is 12.7. The van der Waals surface area contributed by atoms with Gasteiger partial charge in [-0.1, -0.05) is 0 Å². The molecule has 0 saturated heterocycles. The summed E-state index contributed by atoms with van der Waals surface area (Å²) in [6.45, 7) is 0. The van der Waals surface area contributed by atoms with Gasteiger partial charge in [0.2, 0.25) is 0 Å². The summed E-state index contributed by atoms with van der Waals surface area (Å²) in [6.07, 6.45) is 0. The van der Waals surface area contributed by atoms with Crippen molar-refractivity contribution in [1.82, 2.24) is 0 Å². The Morgan fingerprint density at radius 1 is 0.667 bits per heavy atom. The van der Waals surface area contributed by atoms with Gasteiger partial charge in [-0.05, 0) is 0 Å². The molecule has 24 valence electrons. The van der Waals surface area contributed by atoms with Crippen LogP contribution in [0.15, 0.2) is 0 Å². The van der Waals surface area contributed by atoms with Crippen molar-refractivity contribution in [2.24, 2.45) is 0 Å². The molecule has 0 saturated carbocycles. The molecule has 0 spiro atoms. The van der Waals surface area contributed by atoms with Gasteiger partial charge in [-0.2, -0.15) is 0 Å². The van der Waals surface area contributed by atoms with E-state index in [9.17, 15) is 0 Å². The molecule has 0 fully saturated rings. The van der Waals surface area contributed by atoms with Gasteiger partial charge in [0.1, 0.15) is 0 Å². The maximum Gasteiger partial charge on any atom is 2.00 e. The smallest absolute Gasteiger partial charge is 2.00 e. The molecule has 0 aliphatic heterocycles. The minimum absolute atomic E-state index is 0. The third-order valence-corrected chi connectivity index (χ3v) is 0. The molecule has 0 aromatic rings. The first-order valence-electron chi connectivity index (χ1n) is 0. The minimum atomic E-state index is 0. The third-order valence-electron chi connectivity index (χ3n) is 0. The van der Waals surface area contributed by atoms with Crippen LogP contribution in [0.4, 0.5) is 0 Å². The first-order chi connectivity index (χ1) is 0. The van der Waals surface area contributed by atoms with Crippen molar-refractivity contribution in [3.8, 4) is 0 Å². The molecule has 0 unspecified atom stereocenters. The largest absolute Gasteiger partial charge is 2.00 e. The Hall–Kier alpha value is 3.70. The second-order valence-corrected chi connectivity index (χ2v) is 0. The van der Waals surface area contributed by atoms with Crippen molar-refractivity contribution in [2.45, 2.75) is 0 Å². The fraction of sp³-hybridized carbons (Fsp3) is 0. The zero-order valence-electron chi connectivity index (χ0n) is 3.35. The molecule has 0 amide bonds. The van der Waals surface area contributed by atoms with Gasteiger partial charge in [0.25, 0.3) is 0 Å². The van der Waals surface area contributed by atoms with Crippen molar-refractivity contribution < 1.29 is 16.4 Å². The second kappa shape index (κ2) is 37.7. The second-order valence-electron chi connectivity index (χ2n) is 0. The van der Waals surface area contributed by atoms with Gasteiger partial charge in [0.15, 0.2) is 0 Å². The van der Waals surface area contributed by atoms with E-state index in [1.807, 2.05) is 0 Å². The van der Waals surface area contributed by atoms with E-state index in [2.05, 4.69) is 0 Å². The topological polar surface area (TPSA) is 85.5 Å². The zero-order chi connectivity index (χ0) is 0. The average Bonchev–Trinajstić information content (AvgIpc) is 0. The molecular formula is BaMgO3Sr. The van der Waals surface area contributed by atoms with Crippen LogP contribution in [0, 0.1) is 0 Å². The Balaban J connectivity index is 0. The minimum Gasteiger partial charge on any atom is -2.00 e. The normalized spacial score (nSPS) is 0. The van der Waals surface area contributed by atoms with E-state index < -0.39 is 0 Å². The number of hydrogen-bond acceptors (Lipinski definition) is 0. The van der Waals surface area contributed by atoms with E-state index >= 15 is 0 Å². The summed E-state index contributed by atoms with van der Waals surface area (Å²) < 4.78 is 0. The maximum atomic E-state index is 0. The molecule has 0 rings (SSSR count). The van der Waals surface area contributed by atoms with Crippen LogP contribution in [0.1, 0.15) is 0 Å². The molecule has 6 heavy (non-hydrogen) atoms. The van der Waals surface area contributed by atoms with E-state index in [0.717, 1.165) is 0 Å². The molecule has 0 bridgehead atoms. The summed E-state index contributed by atoms with van der Waals surface area (Å²) in [4.78, 5) is 0. The van der Waals surface area contributed by atoms with Crippen LogP contribution >= 0.6 is 0 Å². The summed E-state index contributed by atoms with van der Waals surface area (Å²) in [5.41, 5.74) is 0. The van der Waals surface area contributed by atoms with Gasteiger partial charge >= 0.3 is 117 Å². The van der Waals surface area contributed by atoms with E-state index in [4.69, 9.17) is 0 Å². The van der Waals surface area contributed by atoms with Gasteiger partial charge in [-0.15, -0.1) is 0 Å². The fourth-order valence-electron chi connectivity index (χ4n) is 0. The van der Waals surface area contributed by atoms with Crippen LogP contribution in [0.2, 0.25) is 0 Å². The van der Waals surface area contributed by atoms with Crippen LogP contribution in [0.5, 0.6) is 0 Å². The molecule has 0 aromatic heterocycles. The summed E-state index contributed by atoms with van der Waals surface area (Å²) in [5.74, 6) is 0. The average molecular weight is 297 g/mol. The maximum absolute atomic E-state index is 0. The SMILES string of the molecule is [Ba+2].[Mg+2].[O-2].[O-2].[O-2].[Sr+2]. The molecule has 0 N–H and O–H groups in total. The van der Waals surface area contributed by atoms with Gasteiger partial charge in [-0.3, -0.25) is 0 Å². The standard InChI is InChI=1S/Ba.Mg.3O.Sr/q2*+2;3*-2;+2. The monoisotopic (exact) mass is 298 g/mol. The summed E-state index contributed by atoms with van der Waals surface area (Å²) >= 11 is 0. The molecule has 0 aromatic carbocycles. The third kappa shape index (κ3) is 25.3. The molecule has 0 atom stereocenters. The van der Waals surface area contributed by atoms with Crippen molar-refractivity contribution in [3.05, 3.63) is 0 Å². The van der Waals surface area contributed by atoms with E-state index in [-0.39, 0.29) is 134 Å². The molecule has 0 radical (unpaired) electrons. The van der Waals surface area contributed by atoms with Crippen molar-refractivity contribution in [1.29, 1.82) is 0 Å². The van der Waals surface area contributed by atoms with Crippen LogP contribution in [0.25, 0.3) is 0 Å². The van der Waals surface area contributed by atoms with E-state index in [0.29, 0.717) is 0 Å². The molecule has 0 aliphatic rings. The number of rotatable bonds is 0. The van der Waals surface area contributed by atoms with E-state index in [1.54, 1.807) is 0 Å².